The Morgan fingerprint density at radius 2 is 0.746 bits per heavy atom. The molecule has 5 aromatic heterocycles. The van der Waals surface area contributed by atoms with E-state index in [1.807, 2.05) is 60.7 Å². The molecule has 71 heavy (non-hydrogen) atoms. The Bertz CT molecular complexity index is 4510. The molecule has 15 aromatic rings. The van der Waals surface area contributed by atoms with Crippen molar-refractivity contribution in [3.05, 3.63) is 237 Å². The molecule has 0 atom stereocenters. The summed E-state index contributed by atoms with van der Waals surface area (Å²) in [5, 5.41) is 7.19. The first-order valence-electron chi connectivity index (χ1n) is 24.0. The van der Waals surface area contributed by atoms with Crippen molar-refractivity contribution in [1.82, 2.24) is 33.3 Å². The van der Waals surface area contributed by atoms with Crippen LogP contribution in [0.4, 0.5) is 0 Å². The number of nitrogens with zero attached hydrogens (tertiary/aromatic N) is 7. The van der Waals surface area contributed by atoms with Crippen LogP contribution < -0.4 is 0 Å². The zero-order valence-corrected chi connectivity index (χ0v) is 38.1. The number of benzene rings is 10. The van der Waals surface area contributed by atoms with E-state index in [0.29, 0.717) is 17.5 Å². The summed E-state index contributed by atoms with van der Waals surface area (Å²) in [6, 6.07) is 84.0. The lowest BCUT2D eigenvalue weighted by atomic mass is 9.99. The third-order valence-corrected chi connectivity index (χ3v) is 14.3. The van der Waals surface area contributed by atoms with Gasteiger partial charge >= 0.3 is 0 Å². The summed E-state index contributed by atoms with van der Waals surface area (Å²) in [4.78, 5) is 20.5. The van der Waals surface area contributed by atoms with E-state index in [2.05, 4.69) is 189 Å². The van der Waals surface area contributed by atoms with Gasteiger partial charge in [-0.15, -0.1) is 0 Å². The normalized spacial score (nSPS) is 11.9. The molecule has 15 rings (SSSR count). The lowest BCUT2D eigenvalue weighted by molar-refractivity contribution is 1.07. The second kappa shape index (κ2) is 15.4. The van der Waals surface area contributed by atoms with E-state index >= 15 is 0 Å². The minimum Gasteiger partial charge on any atom is -0.309 e. The molecule has 0 fully saturated rings. The Morgan fingerprint density at radius 3 is 1.45 bits per heavy atom. The molecule has 0 amide bonds. The first-order valence-corrected chi connectivity index (χ1v) is 24.0. The van der Waals surface area contributed by atoms with E-state index in [0.717, 1.165) is 77.6 Å². The molecular formula is C64H39N7. The van der Waals surface area contributed by atoms with Crippen molar-refractivity contribution in [1.29, 1.82) is 0 Å². The molecule has 10 aromatic carbocycles. The van der Waals surface area contributed by atoms with Crippen LogP contribution in [0, 0.1) is 0 Å². The molecule has 0 saturated heterocycles. The smallest absolute Gasteiger partial charge is 0.220 e. The van der Waals surface area contributed by atoms with Gasteiger partial charge in [-0.2, -0.15) is 0 Å². The van der Waals surface area contributed by atoms with Gasteiger partial charge in [-0.05, 0) is 82.9 Å². The van der Waals surface area contributed by atoms with Crippen LogP contribution in [0.15, 0.2) is 237 Å². The minimum atomic E-state index is 0.620. The SMILES string of the molecule is c1ccc(-c2nc(-c3ccccc3)nc(-c3cccc(-c4ccc5c6cccc7c8cc(-c9ccc(-n%10c%11ccccc%11c%11ccccc%11%10)cc9)ccc8n(c67)c6nc7ccccc7n6c5c4)c3)n2)cc1. The van der Waals surface area contributed by atoms with Gasteiger partial charge in [-0.1, -0.05) is 176 Å². The zero-order chi connectivity index (χ0) is 46.6. The maximum atomic E-state index is 5.44. The third-order valence-electron chi connectivity index (χ3n) is 14.3. The van der Waals surface area contributed by atoms with Gasteiger partial charge in [0.15, 0.2) is 17.5 Å². The maximum absolute atomic E-state index is 5.44. The van der Waals surface area contributed by atoms with Crippen LogP contribution in [0.5, 0.6) is 0 Å². The second-order valence-electron chi connectivity index (χ2n) is 18.3. The van der Waals surface area contributed by atoms with Gasteiger partial charge in [0.05, 0.1) is 38.6 Å². The minimum absolute atomic E-state index is 0.620. The van der Waals surface area contributed by atoms with Crippen molar-refractivity contribution in [2.24, 2.45) is 0 Å². The number of rotatable bonds is 6. The van der Waals surface area contributed by atoms with E-state index in [1.165, 1.54) is 43.7 Å². The fourth-order valence-electron chi connectivity index (χ4n) is 11.0. The van der Waals surface area contributed by atoms with Crippen molar-refractivity contribution in [3.8, 4) is 62.1 Å². The molecule has 0 aliphatic heterocycles. The Morgan fingerprint density at radius 1 is 0.254 bits per heavy atom. The van der Waals surface area contributed by atoms with Crippen LogP contribution in [0.1, 0.15) is 0 Å². The van der Waals surface area contributed by atoms with E-state index < -0.39 is 0 Å². The van der Waals surface area contributed by atoms with Gasteiger partial charge in [-0.3, -0.25) is 8.80 Å². The first-order chi connectivity index (χ1) is 35.2. The Labute approximate surface area is 406 Å². The van der Waals surface area contributed by atoms with Crippen LogP contribution in [-0.4, -0.2) is 33.3 Å². The van der Waals surface area contributed by atoms with Crippen LogP contribution in [0.2, 0.25) is 0 Å². The summed E-state index contributed by atoms with van der Waals surface area (Å²) in [6.07, 6.45) is 0. The molecule has 0 N–H and O–H groups in total. The van der Waals surface area contributed by atoms with Gasteiger partial charge in [0.1, 0.15) is 0 Å². The monoisotopic (exact) mass is 905 g/mol. The maximum Gasteiger partial charge on any atom is 0.220 e. The average molecular weight is 906 g/mol. The number of hydrogen-bond donors (Lipinski definition) is 0. The van der Waals surface area contributed by atoms with E-state index in [4.69, 9.17) is 19.9 Å². The second-order valence-corrected chi connectivity index (χ2v) is 18.3. The predicted molar refractivity (Wildman–Crippen MR) is 291 cm³/mol. The van der Waals surface area contributed by atoms with Crippen molar-refractivity contribution in [2.45, 2.75) is 0 Å². The zero-order valence-electron chi connectivity index (χ0n) is 38.1. The Kier molecular flexibility index (Phi) is 8.52. The highest BCUT2D eigenvalue weighted by molar-refractivity contribution is 6.21. The average Bonchev–Trinajstić information content (AvgIpc) is 4.09. The molecule has 7 nitrogen and oxygen atoms in total. The topological polar surface area (TPSA) is 65.3 Å². The van der Waals surface area contributed by atoms with Gasteiger partial charge < -0.3 is 4.57 Å². The fourth-order valence-corrected chi connectivity index (χ4v) is 11.0. The van der Waals surface area contributed by atoms with Crippen molar-refractivity contribution >= 4 is 76.7 Å². The molecule has 0 unspecified atom stereocenters. The molecule has 0 aliphatic rings. The third kappa shape index (κ3) is 6.10. The molecule has 330 valence electrons. The van der Waals surface area contributed by atoms with Crippen LogP contribution >= 0.6 is 0 Å². The van der Waals surface area contributed by atoms with Crippen LogP contribution in [-0.2, 0) is 0 Å². The van der Waals surface area contributed by atoms with E-state index in [9.17, 15) is 0 Å². The van der Waals surface area contributed by atoms with Crippen molar-refractivity contribution in [3.63, 3.8) is 0 Å². The van der Waals surface area contributed by atoms with E-state index in [1.54, 1.807) is 0 Å². The number of aromatic nitrogens is 7. The number of imidazole rings is 1. The van der Waals surface area contributed by atoms with Gasteiger partial charge in [-0.25, -0.2) is 19.9 Å². The summed E-state index contributed by atoms with van der Waals surface area (Å²) in [5.74, 6) is 2.75. The molecule has 5 heterocycles. The van der Waals surface area contributed by atoms with Crippen molar-refractivity contribution in [2.75, 3.05) is 0 Å². The lowest BCUT2D eigenvalue weighted by Crippen LogP contribution is -2.00. The Hall–Kier alpha value is -9.72. The highest BCUT2D eigenvalue weighted by Gasteiger charge is 2.21. The molecule has 0 spiro atoms. The summed E-state index contributed by atoms with van der Waals surface area (Å²) in [5.41, 5.74) is 16.1. The summed E-state index contributed by atoms with van der Waals surface area (Å²) < 4.78 is 7.10. The highest BCUT2D eigenvalue weighted by Crippen LogP contribution is 2.41. The fraction of sp³-hybridized carbons (Fsp3) is 0. The van der Waals surface area contributed by atoms with E-state index in [-0.39, 0.29) is 0 Å². The lowest BCUT2D eigenvalue weighted by Gasteiger charge is -2.10. The van der Waals surface area contributed by atoms with Gasteiger partial charge in [0, 0.05) is 54.7 Å². The molecule has 7 heteroatoms. The molecule has 0 bridgehead atoms. The number of fused-ring (bicyclic) bond motifs is 13. The first kappa shape index (κ1) is 39.3. The van der Waals surface area contributed by atoms with Gasteiger partial charge in [0.2, 0.25) is 5.78 Å². The highest BCUT2D eigenvalue weighted by atomic mass is 15.1. The van der Waals surface area contributed by atoms with Crippen LogP contribution in [0.25, 0.3) is 139 Å². The molecule has 0 aliphatic carbocycles. The molecular weight excluding hydrogens is 867 g/mol. The number of hydrogen-bond acceptors (Lipinski definition) is 4. The number of para-hydroxylation sites is 5. The Balaban J connectivity index is 0.891. The largest absolute Gasteiger partial charge is 0.309 e. The molecule has 0 saturated carbocycles. The quantitative estimate of drug-likeness (QED) is 0.167. The predicted octanol–water partition coefficient (Wildman–Crippen LogP) is 15.8. The van der Waals surface area contributed by atoms with Gasteiger partial charge in [0.25, 0.3) is 0 Å². The van der Waals surface area contributed by atoms with Crippen molar-refractivity contribution < 1.29 is 0 Å². The standard InChI is InChI=1S/C64H39N7/c1-3-15-41(16-4-1)61-66-62(42-17-5-2-6-18-42)68-63(67-61)46-20-13-19-43(37-46)45-31-35-50-51-23-14-24-52-53-38-44(32-36-57(53)71(60(51)52)64-65-54-25-9-12-28-58(54)70(64)59(50)39-45)40-29-33-47(34-30-40)69-55-26-10-7-21-48(55)49-22-8-11-27-56(49)69/h1-39H. The summed E-state index contributed by atoms with van der Waals surface area (Å²) in [7, 11) is 0. The van der Waals surface area contributed by atoms with Crippen LogP contribution in [0.3, 0.4) is 0 Å². The summed E-state index contributed by atoms with van der Waals surface area (Å²) >= 11 is 0. The summed E-state index contributed by atoms with van der Waals surface area (Å²) in [6.45, 7) is 0. The molecule has 0 radical (unpaired) electrons.